The van der Waals surface area contributed by atoms with Gasteiger partial charge in [-0.15, -0.1) is 0 Å². The SMILES string of the molecule is C=C1N(C(C)=O)C(=O)OC12CCCCC2. The van der Waals surface area contributed by atoms with E-state index in [4.69, 9.17) is 4.74 Å². The number of carbonyl (C=O) groups is 2. The minimum Gasteiger partial charge on any atom is -0.436 e. The van der Waals surface area contributed by atoms with Crippen LogP contribution in [0.5, 0.6) is 0 Å². The highest BCUT2D eigenvalue weighted by Gasteiger charge is 2.50. The van der Waals surface area contributed by atoms with Crippen LogP contribution >= 0.6 is 0 Å². The van der Waals surface area contributed by atoms with E-state index < -0.39 is 11.7 Å². The molecule has 1 saturated carbocycles. The smallest absolute Gasteiger partial charge is 0.422 e. The number of amides is 2. The lowest BCUT2D eigenvalue weighted by molar-refractivity contribution is -0.124. The summed E-state index contributed by atoms with van der Waals surface area (Å²) in [5.74, 6) is -0.313. The van der Waals surface area contributed by atoms with Gasteiger partial charge < -0.3 is 4.74 Å². The van der Waals surface area contributed by atoms with Gasteiger partial charge in [0, 0.05) is 6.92 Å². The monoisotopic (exact) mass is 209 g/mol. The van der Waals surface area contributed by atoms with E-state index >= 15 is 0 Å². The fourth-order valence-corrected chi connectivity index (χ4v) is 2.42. The minimum atomic E-state index is -0.582. The topological polar surface area (TPSA) is 46.6 Å². The molecule has 1 saturated heterocycles. The molecule has 0 aromatic heterocycles. The van der Waals surface area contributed by atoms with Crippen LogP contribution in [0.2, 0.25) is 0 Å². The van der Waals surface area contributed by atoms with Gasteiger partial charge in [0.25, 0.3) is 0 Å². The normalized spacial score (nSPS) is 24.5. The number of ether oxygens (including phenoxy) is 1. The van der Waals surface area contributed by atoms with E-state index in [0.29, 0.717) is 5.70 Å². The largest absolute Gasteiger partial charge is 0.436 e. The number of hydrogen-bond acceptors (Lipinski definition) is 3. The van der Waals surface area contributed by atoms with Crippen LogP contribution in [-0.4, -0.2) is 22.5 Å². The van der Waals surface area contributed by atoms with Gasteiger partial charge in [0.2, 0.25) is 5.91 Å². The van der Waals surface area contributed by atoms with Crippen molar-refractivity contribution in [2.24, 2.45) is 0 Å². The minimum absolute atomic E-state index is 0.313. The molecule has 4 heteroatoms. The van der Waals surface area contributed by atoms with Crippen LogP contribution in [0.25, 0.3) is 0 Å². The highest BCUT2D eigenvalue weighted by molar-refractivity contribution is 5.95. The lowest BCUT2D eigenvalue weighted by Gasteiger charge is -2.31. The second-order valence-corrected chi connectivity index (χ2v) is 4.22. The molecule has 4 nitrogen and oxygen atoms in total. The Kier molecular flexibility index (Phi) is 2.29. The second kappa shape index (κ2) is 3.36. The number of hydrogen-bond donors (Lipinski definition) is 0. The van der Waals surface area contributed by atoms with Crippen LogP contribution in [0, 0.1) is 0 Å². The van der Waals surface area contributed by atoms with Crippen molar-refractivity contribution < 1.29 is 14.3 Å². The van der Waals surface area contributed by atoms with Crippen molar-refractivity contribution in [2.75, 3.05) is 0 Å². The molecule has 0 unspecified atom stereocenters. The summed E-state index contributed by atoms with van der Waals surface area (Å²) < 4.78 is 5.34. The summed E-state index contributed by atoms with van der Waals surface area (Å²) in [6.45, 7) is 5.20. The fraction of sp³-hybridized carbons (Fsp3) is 0.636. The summed E-state index contributed by atoms with van der Waals surface area (Å²) in [7, 11) is 0. The molecule has 0 N–H and O–H groups in total. The summed E-state index contributed by atoms with van der Waals surface area (Å²) >= 11 is 0. The standard InChI is InChI=1S/C11H15NO3/c1-8-11(6-4-3-5-7-11)15-10(14)12(8)9(2)13/h1,3-7H2,2H3. The van der Waals surface area contributed by atoms with Crippen LogP contribution in [0.4, 0.5) is 4.79 Å². The lowest BCUT2D eigenvalue weighted by Crippen LogP contribution is -2.35. The Labute approximate surface area is 88.9 Å². The van der Waals surface area contributed by atoms with E-state index in [9.17, 15) is 9.59 Å². The molecule has 0 atom stereocenters. The Morgan fingerprint density at radius 1 is 1.40 bits per heavy atom. The first kappa shape index (κ1) is 10.2. The van der Waals surface area contributed by atoms with Gasteiger partial charge >= 0.3 is 6.09 Å². The van der Waals surface area contributed by atoms with Crippen LogP contribution in [0.15, 0.2) is 12.3 Å². The molecule has 1 aliphatic heterocycles. The lowest BCUT2D eigenvalue weighted by atomic mass is 9.83. The van der Waals surface area contributed by atoms with E-state index in [0.717, 1.165) is 37.0 Å². The summed E-state index contributed by atoms with van der Waals surface area (Å²) in [6, 6.07) is 0. The summed E-state index contributed by atoms with van der Waals surface area (Å²) in [5.41, 5.74) is -0.0548. The first-order valence-electron chi connectivity index (χ1n) is 5.30. The fourth-order valence-electron chi connectivity index (χ4n) is 2.42. The number of rotatable bonds is 0. The van der Waals surface area contributed by atoms with Crippen LogP contribution in [0.1, 0.15) is 39.0 Å². The Morgan fingerprint density at radius 2 is 2.00 bits per heavy atom. The van der Waals surface area contributed by atoms with E-state index in [1.54, 1.807) is 0 Å². The first-order valence-corrected chi connectivity index (χ1v) is 5.30. The summed E-state index contributed by atoms with van der Waals surface area (Å²) in [6.07, 6.45) is 4.24. The predicted octanol–water partition coefficient (Wildman–Crippen LogP) is 2.20. The van der Waals surface area contributed by atoms with Crippen molar-refractivity contribution in [1.29, 1.82) is 0 Å². The van der Waals surface area contributed by atoms with E-state index in [-0.39, 0.29) is 5.91 Å². The quantitative estimate of drug-likeness (QED) is 0.614. The Balaban J connectivity index is 2.27. The van der Waals surface area contributed by atoms with Crippen LogP contribution in [-0.2, 0) is 9.53 Å². The molecular weight excluding hydrogens is 194 g/mol. The van der Waals surface area contributed by atoms with Crippen molar-refractivity contribution in [2.45, 2.75) is 44.6 Å². The average Bonchev–Trinajstić information content (AvgIpc) is 2.40. The van der Waals surface area contributed by atoms with Crippen molar-refractivity contribution in [3.05, 3.63) is 12.3 Å². The predicted molar refractivity (Wildman–Crippen MR) is 54.0 cm³/mol. The van der Waals surface area contributed by atoms with E-state index in [1.165, 1.54) is 6.92 Å². The maximum atomic E-state index is 11.5. The number of carbonyl (C=O) groups excluding carboxylic acids is 2. The van der Waals surface area contributed by atoms with Crippen molar-refractivity contribution in [3.8, 4) is 0 Å². The van der Waals surface area contributed by atoms with Gasteiger partial charge in [-0.2, -0.15) is 0 Å². The highest BCUT2D eigenvalue weighted by Crippen LogP contribution is 2.43. The first-order chi connectivity index (χ1) is 7.07. The second-order valence-electron chi connectivity index (χ2n) is 4.22. The van der Waals surface area contributed by atoms with Crippen LogP contribution in [0.3, 0.4) is 0 Å². The van der Waals surface area contributed by atoms with Gasteiger partial charge in [0.05, 0.1) is 5.70 Å². The summed E-state index contributed by atoms with van der Waals surface area (Å²) in [4.78, 5) is 23.8. The Bertz CT molecular complexity index is 329. The van der Waals surface area contributed by atoms with Gasteiger partial charge in [-0.25, -0.2) is 9.69 Å². The summed E-state index contributed by atoms with van der Waals surface area (Å²) in [5, 5.41) is 0. The Morgan fingerprint density at radius 3 is 2.47 bits per heavy atom. The average molecular weight is 209 g/mol. The number of nitrogens with zero attached hydrogens (tertiary/aromatic N) is 1. The molecule has 0 radical (unpaired) electrons. The maximum absolute atomic E-state index is 11.5. The molecule has 1 aliphatic carbocycles. The van der Waals surface area contributed by atoms with Gasteiger partial charge in [0.15, 0.2) is 5.60 Å². The van der Waals surface area contributed by atoms with Crippen molar-refractivity contribution in [1.82, 2.24) is 4.90 Å². The third kappa shape index (κ3) is 1.44. The molecule has 0 aromatic rings. The maximum Gasteiger partial charge on any atom is 0.422 e. The molecule has 0 bridgehead atoms. The zero-order valence-electron chi connectivity index (χ0n) is 8.91. The molecule has 2 aliphatic rings. The number of imide groups is 1. The van der Waals surface area contributed by atoms with Gasteiger partial charge in [-0.1, -0.05) is 13.0 Å². The molecule has 1 heterocycles. The Hall–Kier alpha value is -1.32. The van der Waals surface area contributed by atoms with Crippen molar-refractivity contribution >= 4 is 12.0 Å². The molecule has 82 valence electrons. The molecule has 1 spiro atoms. The zero-order valence-corrected chi connectivity index (χ0v) is 8.91. The molecule has 2 amide bonds. The van der Waals surface area contributed by atoms with Gasteiger partial charge in [-0.05, 0) is 25.7 Å². The van der Waals surface area contributed by atoms with Gasteiger partial charge in [-0.3, -0.25) is 4.79 Å². The van der Waals surface area contributed by atoms with E-state index in [1.807, 2.05) is 0 Å². The highest BCUT2D eigenvalue weighted by atomic mass is 16.6. The molecule has 0 aromatic carbocycles. The van der Waals surface area contributed by atoms with Crippen LogP contribution < -0.4 is 0 Å². The zero-order chi connectivity index (χ0) is 11.1. The van der Waals surface area contributed by atoms with Gasteiger partial charge in [0.1, 0.15) is 0 Å². The third-order valence-electron chi connectivity index (χ3n) is 3.24. The molecule has 15 heavy (non-hydrogen) atoms. The van der Waals surface area contributed by atoms with Crippen molar-refractivity contribution in [3.63, 3.8) is 0 Å². The van der Waals surface area contributed by atoms with E-state index in [2.05, 4.69) is 6.58 Å². The molecular formula is C11H15NO3. The molecule has 2 fully saturated rings. The third-order valence-corrected chi connectivity index (χ3v) is 3.24. The molecule has 2 rings (SSSR count).